The number of aromatic nitrogens is 3. The Labute approximate surface area is 148 Å². The Balaban J connectivity index is 1.42. The number of thiophene rings is 1. The van der Waals surface area contributed by atoms with Gasteiger partial charge < -0.3 is 4.90 Å². The van der Waals surface area contributed by atoms with Crippen LogP contribution in [0.15, 0.2) is 36.7 Å². The van der Waals surface area contributed by atoms with Crippen LogP contribution in [0, 0.1) is 5.82 Å². The van der Waals surface area contributed by atoms with Crippen molar-refractivity contribution in [2.75, 3.05) is 0 Å². The molecule has 5 rings (SSSR count). The summed E-state index contributed by atoms with van der Waals surface area (Å²) < 4.78 is 14.4. The zero-order valence-corrected chi connectivity index (χ0v) is 14.3. The van der Waals surface area contributed by atoms with E-state index in [1.165, 1.54) is 23.5 Å². The van der Waals surface area contributed by atoms with E-state index >= 15 is 0 Å². The molecule has 1 aromatic carbocycles. The number of carbonyl (C=O) groups excluding carboxylic acids is 1. The number of nitrogens with zero attached hydrogens (tertiary/aromatic N) is 4. The van der Waals surface area contributed by atoms with Gasteiger partial charge in [0, 0.05) is 16.8 Å². The molecule has 5 nitrogen and oxygen atoms in total. The summed E-state index contributed by atoms with van der Waals surface area (Å²) >= 11 is 1.45. The largest absolute Gasteiger partial charge is 0.332 e. The molecule has 4 heterocycles. The van der Waals surface area contributed by atoms with E-state index in [2.05, 4.69) is 15.1 Å². The van der Waals surface area contributed by atoms with Gasteiger partial charge in [-0.25, -0.2) is 4.39 Å². The van der Waals surface area contributed by atoms with Crippen molar-refractivity contribution in [3.8, 4) is 0 Å². The molecule has 2 aliphatic heterocycles. The topological polar surface area (TPSA) is 51.0 Å². The Kier molecular flexibility index (Phi) is 3.38. The van der Waals surface area contributed by atoms with E-state index in [1.807, 2.05) is 6.07 Å². The van der Waals surface area contributed by atoms with E-state index in [0.717, 1.165) is 35.8 Å². The van der Waals surface area contributed by atoms with Crippen molar-refractivity contribution in [2.45, 2.75) is 43.8 Å². The zero-order chi connectivity index (χ0) is 17.0. The molecule has 2 atom stereocenters. The lowest BCUT2D eigenvalue weighted by molar-refractivity contribution is 0.0517. The highest BCUT2D eigenvalue weighted by Crippen LogP contribution is 2.42. The van der Waals surface area contributed by atoms with Crippen molar-refractivity contribution in [2.24, 2.45) is 0 Å². The summed E-state index contributed by atoms with van der Waals surface area (Å²) in [6.07, 6.45) is 7.28. The lowest BCUT2D eigenvalue weighted by Crippen LogP contribution is -2.47. The highest BCUT2D eigenvalue weighted by atomic mass is 32.1. The van der Waals surface area contributed by atoms with Gasteiger partial charge in [0.2, 0.25) is 0 Å². The number of carbonyl (C=O) groups is 1. The molecule has 1 amide bonds. The number of benzene rings is 1. The number of halogens is 1. The molecule has 2 fully saturated rings. The van der Waals surface area contributed by atoms with E-state index in [4.69, 9.17) is 0 Å². The number of rotatable bonds is 2. The van der Waals surface area contributed by atoms with Gasteiger partial charge in [0.1, 0.15) is 5.82 Å². The quantitative estimate of drug-likeness (QED) is 0.704. The van der Waals surface area contributed by atoms with Gasteiger partial charge in [-0.1, -0.05) is 0 Å². The minimum absolute atomic E-state index is 0.0842. The molecule has 128 valence electrons. The average Bonchev–Trinajstić information content (AvgIpc) is 3.32. The van der Waals surface area contributed by atoms with Crippen LogP contribution >= 0.6 is 11.3 Å². The van der Waals surface area contributed by atoms with E-state index in [-0.39, 0.29) is 29.8 Å². The van der Waals surface area contributed by atoms with Gasteiger partial charge in [0.25, 0.3) is 5.91 Å². The van der Waals surface area contributed by atoms with Crippen molar-refractivity contribution in [1.82, 2.24) is 19.9 Å². The molecule has 0 aliphatic carbocycles. The Morgan fingerprint density at radius 3 is 2.52 bits per heavy atom. The second kappa shape index (κ2) is 5.62. The third kappa shape index (κ3) is 2.45. The monoisotopic (exact) mass is 356 g/mol. The molecular weight excluding hydrogens is 339 g/mol. The van der Waals surface area contributed by atoms with Crippen molar-refractivity contribution in [3.05, 3.63) is 47.4 Å². The third-order valence-corrected chi connectivity index (χ3v) is 6.50. The SMILES string of the molecule is O=C(c1cc2cc(F)ccc2s1)N1C2CCC1CC(n1nccn1)C2. The first kappa shape index (κ1) is 15.0. The summed E-state index contributed by atoms with van der Waals surface area (Å²) in [5.74, 6) is -0.183. The van der Waals surface area contributed by atoms with Crippen molar-refractivity contribution >= 4 is 27.3 Å². The Morgan fingerprint density at radius 1 is 1.08 bits per heavy atom. The fourth-order valence-electron chi connectivity index (χ4n) is 4.33. The number of amides is 1. The third-order valence-electron chi connectivity index (χ3n) is 5.40. The fourth-order valence-corrected chi connectivity index (χ4v) is 5.32. The lowest BCUT2D eigenvalue weighted by atomic mass is 9.97. The van der Waals surface area contributed by atoms with E-state index in [0.29, 0.717) is 4.88 Å². The van der Waals surface area contributed by atoms with Crippen LogP contribution in [0.2, 0.25) is 0 Å². The molecule has 0 spiro atoms. The number of hydrogen-bond acceptors (Lipinski definition) is 4. The molecule has 2 aromatic heterocycles. The summed E-state index contributed by atoms with van der Waals surface area (Å²) in [6, 6.07) is 7.26. The van der Waals surface area contributed by atoms with Crippen molar-refractivity contribution in [3.63, 3.8) is 0 Å². The maximum atomic E-state index is 13.4. The maximum Gasteiger partial charge on any atom is 0.264 e. The molecule has 2 saturated heterocycles. The van der Waals surface area contributed by atoms with E-state index in [9.17, 15) is 9.18 Å². The van der Waals surface area contributed by atoms with E-state index in [1.54, 1.807) is 23.3 Å². The predicted molar refractivity (Wildman–Crippen MR) is 93.1 cm³/mol. The molecule has 2 unspecified atom stereocenters. The van der Waals surface area contributed by atoms with Crippen LogP contribution in [-0.2, 0) is 0 Å². The highest BCUT2D eigenvalue weighted by molar-refractivity contribution is 7.20. The molecule has 0 saturated carbocycles. The molecule has 0 N–H and O–H groups in total. The Hall–Kier alpha value is -2.28. The number of fused-ring (bicyclic) bond motifs is 3. The minimum Gasteiger partial charge on any atom is -0.332 e. The maximum absolute atomic E-state index is 13.4. The number of piperidine rings is 1. The number of hydrogen-bond donors (Lipinski definition) is 0. The second-order valence-corrected chi connectivity index (χ2v) is 7.95. The van der Waals surface area contributed by atoms with Gasteiger partial charge in [-0.2, -0.15) is 15.0 Å². The summed E-state index contributed by atoms with van der Waals surface area (Å²) in [5, 5.41) is 9.34. The lowest BCUT2D eigenvalue weighted by Gasteiger charge is -2.38. The molecule has 25 heavy (non-hydrogen) atoms. The average molecular weight is 356 g/mol. The van der Waals surface area contributed by atoms with Crippen LogP contribution in [0.4, 0.5) is 4.39 Å². The predicted octanol–water partition coefficient (Wildman–Crippen LogP) is 3.64. The fraction of sp³-hybridized carbons (Fsp3) is 0.389. The summed E-state index contributed by atoms with van der Waals surface area (Å²) in [7, 11) is 0. The van der Waals surface area contributed by atoms with Crippen LogP contribution in [0.25, 0.3) is 10.1 Å². The first-order valence-corrected chi connectivity index (χ1v) is 9.38. The minimum atomic E-state index is -0.267. The van der Waals surface area contributed by atoms with Crippen LogP contribution in [0.1, 0.15) is 41.4 Å². The molecule has 7 heteroatoms. The van der Waals surface area contributed by atoms with Crippen LogP contribution in [0.3, 0.4) is 0 Å². The molecule has 0 radical (unpaired) electrons. The van der Waals surface area contributed by atoms with Crippen molar-refractivity contribution < 1.29 is 9.18 Å². The first-order valence-electron chi connectivity index (χ1n) is 8.56. The van der Waals surface area contributed by atoms with Crippen LogP contribution < -0.4 is 0 Å². The van der Waals surface area contributed by atoms with Gasteiger partial charge in [0.05, 0.1) is 23.3 Å². The van der Waals surface area contributed by atoms with Crippen molar-refractivity contribution in [1.29, 1.82) is 0 Å². The summed E-state index contributed by atoms with van der Waals surface area (Å²) in [6.45, 7) is 0. The normalized spacial score (nSPS) is 25.6. The van der Waals surface area contributed by atoms with Gasteiger partial charge in [0.15, 0.2) is 0 Å². The molecule has 2 aliphatic rings. The molecule has 3 aromatic rings. The smallest absolute Gasteiger partial charge is 0.264 e. The highest BCUT2D eigenvalue weighted by Gasteiger charge is 2.44. The Morgan fingerprint density at radius 2 is 1.80 bits per heavy atom. The standard InChI is InChI=1S/C18H17FN4OS/c19-12-1-4-16-11(7-12)8-17(25-16)18(24)22-13-2-3-14(22)10-15(9-13)23-20-5-6-21-23/h1,4-8,13-15H,2-3,9-10H2. The Bertz CT molecular complexity index is 924. The zero-order valence-electron chi connectivity index (χ0n) is 13.5. The molecule has 2 bridgehead atoms. The summed E-state index contributed by atoms with van der Waals surface area (Å²) in [4.78, 5) is 17.7. The second-order valence-electron chi connectivity index (χ2n) is 6.86. The summed E-state index contributed by atoms with van der Waals surface area (Å²) in [5.41, 5.74) is 0. The van der Waals surface area contributed by atoms with Gasteiger partial charge in [-0.05, 0) is 55.3 Å². The van der Waals surface area contributed by atoms with E-state index < -0.39 is 0 Å². The first-order chi connectivity index (χ1) is 12.2. The van der Waals surface area contributed by atoms with Gasteiger partial charge in [-0.3, -0.25) is 4.79 Å². The van der Waals surface area contributed by atoms with Crippen LogP contribution in [0.5, 0.6) is 0 Å². The van der Waals surface area contributed by atoms with Gasteiger partial charge >= 0.3 is 0 Å². The van der Waals surface area contributed by atoms with Crippen LogP contribution in [-0.4, -0.2) is 37.9 Å². The van der Waals surface area contributed by atoms with Gasteiger partial charge in [-0.15, -0.1) is 11.3 Å². The molecular formula is C18H17FN4OS.